The first kappa shape index (κ1) is 27.3. The summed E-state index contributed by atoms with van der Waals surface area (Å²) in [7, 11) is 1.32. The van der Waals surface area contributed by atoms with Crippen LogP contribution in [0.2, 0.25) is 0 Å². The second-order valence-electron chi connectivity index (χ2n) is 8.34. The minimum atomic E-state index is -4.41. The van der Waals surface area contributed by atoms with Gasteiger partial charge in [0, 0.05) is 17.4 Å². The SMILES string of the molecule is COC(C)(C)C(NC(=O)c1ccc2cc(F)ccc2c1OCc1ccc(SC(F)(F)F)cc1)C(=O)O. The lowest BCUT2D eigenvalue weighted by Crippen LogP contribution is -2.55. The Balaban J connectivity index is 1.93. The van der Waals surface area contributed by atoms with Crippen LogP contribution >= 0.6 is 11.8 Å². The van der Waals surface area contributed by atoms with Gasteiger partial charge in [0.05, 0.1) is 11.2 Å². The molecule has 0 saturated carbocycles. The molecule has 36 heavy (non-hydrogen) atoms. The van der Waals surface area contributed by atoms with E-state index in [-0.39, 0.29) is 34.6 Å². The van der Waals surface area contributed by atoms with E-state index in [4.69, 9.17) is 9.47 Å². The number of halogens is 4. The largest absolute Gasteiger partial charge is 0.487 e. The van der Waals surface area contributed by atoms with Crippen LogP contribution in [0, 0.1) is 5.82 Å². The lowest BCUT2D eigenvalue weighted by Gasteiger charge is -2.30. The maximum Gasteiger partial charge on any atom is 0.446 e. The first-order valence-electron chi connectivity index (χ1n) is 10.6. The standard InChI is InChI=1S/C25H23F4NO5S/c1-24(2,34-3)21(23(32)33)30-22(31)19-10-6-15-12-16(26)7-11-18(15)20(19)35-13-14-4-8-17(9-5-14)36-25(27,28)29/h4-12,21H,13H2,1-3H3,(H,30,31)(H,32,33). The van der Waals surface area contributed by atoms with Crippen LogP contribution in [0.25, 0.3) is 10.8 Å². The zero-order valence-electron chi connectivity index (χ0n) is 19.5. The third-order valence-corrected chi connectivity index (χ3v) is 6.20. The topological polar surface area (TPSA) is 84.9 Å². The molecule has 192 valence electrons. The number of hydrogen-bond donors (Lipinski definition) is 2. The van der Waals surface area contributed by atoms with Crippen molar-refractivity contribution in [1.29, 1.82) is 0 Å². The average molecular weight is 526 g/mol. The van der Waals surface area contributed by atoms with Crippen molar-refractivity contribution in [3.05, 3.63) is 71.5 Å². The van der Waals surface area contributed by atoms with Crippen molar-refractivity contribution < 1.29 is 41.7 Å². The van der Waals surface area contributed by atoms with Gasteiger partial charge < -0.3 is 19.9 Å². The smallest absolute Gasteiger partial charge is 0.446 e. The summed E-state index contributed by atoms with van der Waals surface area (Å²) in [4.78, 5) is 24.9. The number of carbonyl (C=O) groups is 2. The Bertz CT molecular complexity index is 1260. The Morgan fingerprint density at radius 3 is 2.31 bits per heavy atom. The van der Waals surface area contributed by atoms with E-state index >= 15 is 0 Å². The fraction of sp³-hybridized carbons (Fsp3) is 0.280. The maximum absolute atomic E-state index is 13.8. The van der Waals surface area contributed by atoms with E-state index in [0.717, 1.165) is 0 Å². The van der Waals surface area contributed by atoms with Gasteiger partial charge in [-0.1, -0.05) is 18.2 Å². The van der Waals surface area contributed by atoms with Crippen molar-refractivity contribution in [2.45, 2.75) is 42.5 Å². The van der Waals surface area contributed by atoms with Gasteiger partial charge in [-0.25, -0.2) is 9.18 Å². The van der Waals surface area contributed by atoms with Crippen molar-refractivity contribution in [3.63, 3.8) is 0 Å². The lowest BCUT2D eigenvalue weighted by molar-refractivity contribution is -0.146. The summed E-state index contributed by atoms with van der Waals surface area (Å²) in [5.41, 5.74) is -5.13. The minimum Gasteiger partial charge on any atom is -0.487 e. The molecule has 3 rings (SSSR count). The van der Waals surface area contributed by atoms with Crippen LogP contribution in [-0.4, -0.2) is 41.2 Å². The van der Waals surface area contributed by atoms with E-state index in [1.807, 2.05) is 0 Å². The molecule has 0 aromatic heterocycles. The highest BCUT2D eigenvalue weighted by atomic mass is 32.2. The summed E-state index contributed by atoms with van der Waals surface area (Å²) in [5, 5.41) is 12.9. The molecule has 3 aromatic rings. The highest BCUT2D eigenvalue weighted by Crippen LogP contribution is 2.37. The zero-order chi connectivity index (χ0) is 26.7. The van der Waals surface area contributed by atoms with Crippen molar-refractivity contribution >= 4 is 34.4 Å². The van der Waals surface area contributed by atoms with Crippen LogP contribution in [0.4, 0.5) is 17.6 Å². The zero-order valence-corrected chi connectivity index (χ0v) is 20.3. The van der Waals surface area contributed by atoms with Crippen LogP contribution in [0.3, 0.4) is 0 Å². The van der Waals surface area contributed by atoms with E-state index in [1.165, 1.54) is 75.6 Å². The first-order valence-corrected chi connectivity index (χ1v) is 11.4. The Labute approximate surface area is 208 Å². The number of benzene rings is 3. The minimum absolute atomic E-state index is 0.00323. The van der Waals surface area contributed by atoms with Crippen LogP contribution < -0.4 is 10.1 Å². The number of rotatable bonds is 9. The van der Waals surface area contributed by atoms with E-state index in [0.29, 0.717) is 16.3 Å². The van der Waals surface area contributed by atoms with Gasteiger partial charge in [0.1, 0.15) is 18.2 Å². The summed E-state index contributed by atoms with van der Waals surface area (Å²) >= 11 is -0.242. The molecule has 0 aliphatic carbocycles. The highest BCUT2D eigenvalue weighted by molar-refractivity contribution is 8.00. The number of aliphatic carboxylic acids is 1. The molecule has 0 saturated heterocycles. The van der Waals surface area contributed by atoms with E-state index in [9.17, 15) is 32.3 Å². The lowest BCUT2D eigenvalue weighted by atomic mass is 9.97. The van der Waals surface area contributed by atoms with Crippen LogP contribution in [-0.2, 0) is 16.1 Å². The summed E-state index contributed by atoms with van der Waals surface area (Å²) in [6, 6.07) is 10.9. The van der Waals surface area contributed by atoms with Gasteiger partial charge in [-0.15, -0.1) is 0 Å². The van der Waals surface area contributed by atoms with Crippen LogP contribution in [0.1, 0.15) is 29.8 Å². The molecule has 0 aliphatic rings. The van der Waals surface area contributed by atoms with E-state index < -0.39 is 34.8 Å². The molecule has 0 bridgehead atoms. The van der Waals surface area contributed by atoms with Crippen LogP contribution in [0.5, 0.6) is 5.75 Å². The van der Waals surface area contributed by atoms with Crippen molar-refractivity contribution in [3.8, 4) is 5.75 Å². The Morgan fingerprint density at radius 1 is 1.06 bits per heavy atom. The Kier molecular flexibility index (Phi) is 8.15. The third kappa shape index (κ3) is 6.67. The number of thioether (sulfide) groups is 1. The molecule has 6 nitrogen and oxygen atoms in total. The summed E-state index contributed by atoms with van der Waals surface area (Å²) in [6.45, 7) is 2.90. The number of amides is 1. The van der Waals surface area contributed by atoms with E-state index in [1.54, 1.807) is 0 Å². The number of alkyl halides is 3. The van der Waals surface area contributed by atoms with Crippen LogP contribution in [0.15, 0.2) is 59.5 Å². The fourth-order valence-corrected chi connectivity index (χ4v) is 3.95. The summed E-state index contributed by atoms with van der Waals surface area (Å²) < 4.78 is 62.6. The third-order valence-electron chi connectivity index (χ3n) is 5.46. The number of carbonyl (C=O) groups excluding carboxylic acids is 1. The molecule has 1 atom stereocenters. The van der Waals surface area contributed by atoms with Gasteiger partial charge in [-0.3, -0.25) is 4.79 Å². The molecule has 1 unspecified atom stereocenters. The fourth-order valence-electron chi connectivity index (χ4n) is 3.41. The molecule has 0 spiro atoms. The maximum atomic E-state index is 13.8. The van der Waals surface area contributed by atoms with Crippen molar-refractivity contribution in [2.24, 2.45) is 0 Å². The molecule has 0 aliphatic heterocycles. The van der Waals surface area contributed by atoms with Crippen molar-refractivity contribution in [1.82, 2.24) is 5.32 Å². The number of nitrogens with one attached hydrogen (secondary N) is 1. The molecule has 3 aromatic carbocycles. The Morgan fingerprint density at radius 2 is 1.72 bits per heavy atom. The predicted octanol–water partition coefficient (Wildman–Crippen LogP) is 5.78. The average Bonchev–Trinajstić information content (AvgIpc) is 2.80. The normalized spacial score (nSPS) is 12.9. The molecular formula is C25H23F4NO5S. The molecule has 0 fully saturated rings. The monoisotopic (exact) mass is 525 g/mol. The second kappa shape index (κ2) is 10.8. The van der Waals surface area contributed by atoms with Gasteiger partial charge in [0.2, 0.25) is 0 Å². The van der Waals surface area contributed by atoms with Gasteiger partial charge >= 0.3 is 11.5 Å². The number of carboxylic acids is 1. The van der Waals surface area contributed by atoms with Gasteiger partial charge in [-0.05, 0) is 73.0 Å². The molecule has 2 N–H and O–H groups in total. The summed E-state index contributed by atoms with van der Waals surface area (Å²) in [6.07, 6.45) is 0. The van der Waals surface area contributed by atoms with Gasteiger partial charge in [0.15, 0.2) is 6.04 Å². The predicted molar refractivity (Wildman–Crippen MR) is 127 cm³/mol. The van der Waals surface area contributed by atoms with Gasteiger partial charge in [0.25, 0.3) is 5.91 Å². The molecular weight excluding hydrogens is 502 g/mol. The van der Waals surface area contributed by atoms with Crippen molar-refractivity contribution in [2.75, 3.05) is 7.11 Å². The molecule has 0 radical (unpaired) electrons. The number of fused-ring (bicyclic) bond motifs is 1. The second-order valence-corrected chi connectivity index (χ2v) is 9.48. The number of carboxylic acid groups (broad SMARTS) is 1. The first-order chi connectivity index (χ1) is 16.8. The number of ether oxygens (including phenoxy) is 2. The summed E-state index contributed by atoms with van der Waals surface area (Å²) in [5.74, 6) is -2.50. The van der Waals surface area contributed by atoms with Gasteiger partial charge in [-0.2, -0.15) is 13.2 Å². The number of hydrogen-bond acceptors (Lipinski definition) is 5. The molecule has 1 amide bonds. The van der Waals surface area contributed by atoms with E-state index in [2.05, 4.69) is 5.32 Å². The highest BCUT2D eigenvalue weighted by Gasteiger charge is 2.37. The molecule has 0 heterocycles. The Hall–Kier alpha value is -3.31. The molecule has 11 heteroatoms. The quantitative estimate of drug-likeness (QED) is 0.272. The number of methoxy groups -OCH3 is 1.